The zero-order chi connectivity index (χ0) is 15.5. The number of nitrogens with one attached hydrogen (secondary N) is 1. The molecule has 1 aliphatic heterocycles. The number of allylic oxidation sites excluding steroid dienone is 2. The van der Waals surface area contributed by atoms with Crippen LogP contribution in [0.4, 0.5) is 5.69 Å². The minimum atomic E-state index is -0.167. The van der Waals surface area contributed by atoms with Crippen LogP contribution in [0.3, 0.4) is 0 Å². The molecule has 0 spiro atoms. The summed E-state index contributed by atoms with van der Waals surface area (Å²) in [5.74, 6) is 0.355. The van der Waals surface area contributed by atoms with Gasteiger partial charge in [-0.25, -0.2) is 0 Å². The molecule has 0 aromatic heterocycles. The molecule has 1 aromatic carbocycles. The number of hydrogen-bond acceptors (Lipinski definition) is 4. The summed E-state index contributed by atoms with van der Waals surface area (Å²) in [6, 6.07) is 7.49. The van der Waals surface area contributed by atoms with Crippen molar-refractivity contribution in [1.82, 2.24) is 4.90 Å². The van der Waals surface area contributed by atoms with Gasteiger partial charge in [0.15, 0.2) is 0 Å². The fraction of sp³-hybridized carbons (Fsp3) is 0.412. The van der Waals surface area contributed by atoms with Crippen molar-refractivity contribution < 1.29 is 14.3 Å². The summed E-state index contributed by atoms with van der Waals surface area (Å²) in [5.41, 5.74) is 0.858. The Hall–Kier alpha value is -2.30. The number of fused-ring (bicyclic) bond motifs is 1. The lowest BCUT2D eigenvalue weighted by molar-refractivity contribution is -0.139. The second-order valence-corrected chi connectivity index (χ2v) is 5.55. The summed E-state index contributed by atoms with van der Waals surface area (Å²) in [6.45, 7) is 2.78. The largest absolute Gasteiger partial charge is 0.494 e. The van der Waals surface area contributed by atoms with Gasteiger partial charge in [0.1, 0.15) is 5.75 Å². The fourth-order valence-electron chi connectivity index (χ4n) is 3.03. The molecule has 2 aliphatic rings. The summed E-state index contributed by atoms with van der Waals surface area (Å²) in [6.07, 6.45) is 5.34. The first-order valence-electron chi connectivity index (χ1n) is 7.67. The third-order valence-corrected chi connectivity index (χ3v) is 4.21. The maximum atomic E-state index is 12.3. The van der Waals surface area contributed by atoms with Crippen LogP contribution in [0, 0.1) is 11.8 Å². The molecule has 5 heteroatoms. The summed E-state index contributed by atoms with van der Waals surface area (Å²) < 4.78 is 5.38. The standard InChI is InChI=1S/C17H20N2O3/c1-2-22-13-9-7-12(8-10-13)18-11-19-16(20)14-5-3-4-6-15(14)17(19)21/h3-4,7-10,14-15,18H,2,5-6,11H2,1H3/t14-,15-/m0/s1. The molecule has 116 valence electrons. The van der Waals surface area contributed by atoms with E-state index in [4.69, 9.17) is 4.74 Å². The predicted molar refractivity (Wildman–Crippen MR) is 83.3 cm³/mol. The SMILES string of the molecule is CCOc1ccc(NCN2C(=O)[C@H]3CC=CC[C@@H]3C2=O)cc1. The third-order valence-electron chi connectivity index (χ3n) is 4.21. The topological polar surface area (TPSA) is 58.6 Å². The normalized spacial score (nSPS) is 23.6. The third kappa shape index (κ3) is 2.71. The second-order valence-electron chi connectivity index (χ2n) is 5.55. The molecule has 0 bridgehead atoms. The van der Waals surface area contributed by atoms with Crippen molar-refractivity contribution in [3.8, 4) is 5.75 Å². The van der Waals surface area contributed by atoms with E-state index < -0.39 is 0 Å². The molecule has 1 aromatic rings. The Morgan fingerprint density at radius 3 is 2.23 bits per heavy atom. The number of carbonyl (C=O) groups is 2. The molecule has 22 heavy (non-hydrogen) atoms. The highest BCUT2D eigenvalue weighted by molar-refractivity contribution is 6.05. The average Bonchev–Trinajstić information content (AvgIpc) is 2.79. The van der Waals surface area contributed by atoms with Crippen LogP contribution in [-0.4, -0.2) is 30.0 Å². The van der Waals surface area contributed by atoms with E-state index in [1.807, 2.05) is 43.3 Å². The zero-order valence-corrected chi connectivity index (χ0v) is 12.6. The van der Waals surface area contributed by atoms with Gasteiger partial charge in [0.2, 0.25) is 11.8 Å². The smallest absolute Gasteiger partial charge is 0.234 e. The lowest BCUT2D eigenvalue weighted by Crippen LogP contribution is -2.35. The minimum absolute atomic E-state index is 0.0576. The number of carbonyl (C=O) groups excluding carboxylic acids is 2. The number of ether oxygens (including phenoxy) is 1. The Morgan fingerprint density at radius 2 is 1.68 bits per heavy atom. The van der Waals surface area contributed by atoms with Gasteiger partial charge >= 0.3 is 0 Å². The van der Waals surface area contributed by atoms with E-state index >= 15 is 0 Å². The Kier molecular flexibility index (Phi) is 4.13. The number of amides is 2. The van der Waals surface area contributed by atoms with E-state index in [1.165, 1.54) is 4.90 Å². The fourth-order valence-corrected chi connectivity index (χ4v) is 3.03. The van der Waals surface area contributed by atoms with E-state index in [-0.39, 0.29) is 30.3 Å². The number of hydrogen-bond donors (Lipinski definition) is 1. The van der Waals surface area contributed by atoms with Crippen LogP contribution in [0.1, 0.15) is 19.8 Å². The number of benzene rings is 1. The Bertz CT molecular complexity index is 568. The second kappa shape index (κ2) is 6.22. The van der Waals surface area contributed by atoms with Crippen LogP contribution in [0.15, 0.2) is 36.4 Å². The molecule has 1 N–H and O–H groups in total. The molecule has 1 aliphatic carbocycles. The molecule has 3 rings (SSSR count). The molecule has 0 saturated carbocycles. The minimum Gasteiger partial charge on any atom is -0.494 e. The van der Waals surface area contributed by atoms with Crippen LogP contribution in [0.5, 0.6) is 5.75 Å². The van der Waals surface area contributed by atoms with Crippen molar-refractivity contribution in [2.75, 3.05) is 18.6 Å². The molecule has 1 fully saturated rings. The van der Waals surface area contributed by atoms with Gasteiger partial charge in [0, 0.05) is 5.69 Å². The number of anilines is 1. The number of nitrogens with zero attached hydrogens (tertiary/aromatic N) is 1. The summed E-state index contributed by atoms with van der Waals surface area (Å²) in [4.78, 5) is 26.0. The highest BCUT2D eigenvalue weighted by Crippen LogP contribution is 2.34. The van der Waals surface area contributed by atoms with Crippen LogP contribution in [-0.2, 0) is 9.59 Å². The first-order valence-corrected chi connectivity index (χ1v) is 7.67. The van der Waals surface area contributed by atoms with E-state index in [1.54, 1.807) is 0 Å². The van der Waals surface area contributed by atoms with Crippen LogP contribution in [0.2, 0.25) is 0 Å². The average molecular weight is 300 g/mol. The molecule has 0 unspecified atom stereocenters. The van der Waals surface area contributed by atoms with Gasteiger partial charge in [-0.1, -0.05) is 12.2 Å². The molecular weight excluding hydrogens is 280 g/mol. The van der Waals surface area contributed by atoms with Gasteiger partial charge in [0.05, 0.1) is 25.1 Å². The van der Waals surface area contributed by atoms with Gasteiger partial charge < -0.3 is 10.1 Å². The van der Waals surface area contributed by atoms with Gasteiger partial charge in [-0.2, -0.15) is 0 Å². The molecule has 2 atom stereocenters. The van der Waals surface area contributed by atoms with Crippen molar-refractivity contribution in [3.63, 3.8) is 0 Å². The van der Waals surface area contributed by atoms with Gasteiger partial charge in [-0.3, -0.25) is 14.5 Å². The van der Waals surface area contributed by atoms with E-state index in [0.717, 1.165) is 11.4 Å². The number of imide groups is 1. The summed E-state index contributed by atoms with van der Waals surface area (Å²) in [7, 11) is 0. The molecule has 2 amide bonds. The number of likely N-dealkylation sites (tertiary alicyclic amines) is 1. The molecule has 0 radical (unpaired) electrons. The highest BCUT2D eigenvalue weighted by atomic mass is 16.5. The molecular formula is C17H20N2O3. The molecule has 1 saturated heterocycles. The Labute approximate surface area is 129 Å². The quantitative estimate of drug-likeness (QED) is 0.670. The first-order chi connectivity index (χ1) is 10.7. The van der Waals surface area contributed by atoms with Gasteiger partial charge in [0.25, 0.3) is 0 Å². The lowest BCUT2D eigenvalue weighted by Gasteiger charge is -2.16. The van der Waals surface area contributed by atoms with E-state index in [0.29, 0.717) is 19.4 Å². The maximum Gasteiger partial charge on any atom is 0.234 e. The van der Waals surface area contributed by atoms with Crippen LogP contribution >= 0.6 is 0 Å². The monoisotopic (exact) mass is 300 g/mol. The predicted octanol–water partition coefficient (Wildman–Crippen LogP) is 2.41. The van der Waals surface area contributed by atoms with Crippen LogP contribution in [0.25, 0.3) is 0 Å². The van der Waals surface area contributed by atoms with Gasteiger partial charge in [-0.15, -0.1) is 0 Å². The zero-order valence-electron chi connectivity index (χ0n) is 12.6. The van der Waals surface area contributed by atoms with Crippen molar-refractivity contribution in [2.24, 2.45) is 11.8 Å². The maximum absolute atomic E-state index is 12.3. The summed E-state index contributed by atoms with van der Waals surface area (Å²) >= 11 is 0. The first kappa shape index (κ1) is 14.6. The van der Waals surface area contributed by atoms with Crippen molar-refractivity contribution in [3.05, 3.63) is 36.4 Å². The van der Waals surface area contributed by atoms with Crippen molar-refractivity contribution in [2.45, 2.75) is 19.8 Å². The van der Waals surface area contributed by atoms with E-state index in [9.17, 15) is 9.59 Å². The van der Waals surface area contributed by atoms with Crippen molar-refractivity contribution >= 4 is 17.5 Å². The Balaban J connectivity index is 1.61. The molecule has 1 heterocycles. The lowest BCUT2D eigenvalue weighted by atomic mass is 9.85. The number of rotatable bonds is 5. The highest BCUT2D eigenvalue weighted by Gasteiger charge is 2.46. The summed E-state index contributed by atoms with van der Waals surface area (Å²) in [5, 5.41) is 3.13. The van der Waals surface area contributed by atoms with E-state index in [2.05, 4.69) is 5.32 Å². The molecule has 5 nitrogen and oxygen atoms in total. The van der Waals surface area contributed by atoms with Crippen molar-refractivity contribution in [1.29, 1.82) is 0 Å². The van der Waals surface area contributed by atoms with Crippen LogP contribution < -0.4 is 10.1 Å². The van der Waals surface area contributed by atoms with Gasteiger partial charge in [-0.05, 0) is 44.0 Å². The Morgan fingerprint density at radius 1 is 1.09 bits per heavy atom.